The maximum Gasteiger partial charge on any atom is 0.410 e. The van der Waals surface area contributed by atoms with E-state index in [2.05, 4.69) is 22.1 Å². The lowest BCUT2D eigenvalue weighted by Gasteiger charge is -2.40. The van der Waals surface area contributed by atoms with Gasteiger partial charge in [-0.3, -0.25) is 4.98 Å². The standard InChI is InChI=1S/C24H39N5O2.HI/c1-6-25-22(26-16-20-9-7-8-18(2)27-20)28-14-12-21(13-15-28)29(17-19-10-11-19)23(30)31-24(3,4)5;/h7-9,19,21H,6,10-17H2,1-5H3,(H,25,26);1H. The zero-order valence-corrected chi connectivity index (χ0v) is 22.6. The van der Waals surface area contributed by atoms with Crippen LogP contribution in [-0.4, -0.2) is 64.7 Å². The molecule has 1 aliphatic carbocycles. The van der Waals surface area contributed by atoms with Crippen molar-refractivity contribution >= 4 is 36.0 Å². The first-order chi connectivity index (χ1) is 14.7. The third kappa shape index (κ3) is 8.41. The van der Waals surface area contributed by atoms with E-state index >= 15 is 0 Å². The van der Waals surface area contributed by atoms with E-state index in [4.69, 9.17) is 9.73 Å². The fourth-order valence-corrected chi connectivity index (χ4v) is 3.93. The summed E-state index contributed by atoms with van der Waals surface area (Å²) in [5.41, 5.74) is 1.52. The Balaban J connectivity index is 0.00000363. The van der Waals surface area contributed by atoms with Crippen LogP contribution in [0.3, 0.4) is 0 Å². The number of carbonyl (C=O) groups is 1. The van der Waals surface area contributed by atoms with Gasteiger partial charge in [-0.05, 0) is 78.4 Å². The van der Waals surface area contributed by atoms with E-state index < -0.39 is 5.60 Å². The van der Waals surface area contributed by atoms with Crippen molar-refractivity contribution in [3.05, 3.63) is 29.6 Å². The van der Waals surface area contributed by atoms with Crippen LogP contribution in [0.25, 0.3) is 0 Å². The van der Waals surface area contributed by atoms with E-state index in [1.54, 1.807) is 0 Å². The fourth-order valence-electron chi connectivity index (χ4n) is 3.93. The highest BCUT2D eigenvalue weighted by molar-refractivity contribution is 14.0. The van der Waals surface area contributed by atoms with Gasteiger partial charge in [-0.15, -0.1) is 24.0 Å². The van der Waals surface area contributed by atoms with Crippen molar-refractivity contribution in [3.63, 3.8) is 0 Å². The second kappa shape index (κ2) is 12.0. The number of likely N-dealkylation sites (tertiary alicyclic amines) is 1. The van der Waals surface area contributed by atoms with Crippen molar-refractivity contribution in [3.8, 4) is 0 Å². The van der Waals surface area contributed by atoms with Crippen LogP contribution in [0.4, 0.5) is 4.79 Å². The molecule has 7 nitrogen and oxygen atoms in total. The van der Waals surface area contributed by atoms with Gasteiger partial charge in [0.2, 0.25) is 0 Å². The molecule has 1 aromatic rings. The first-order valence-electron chi connectivity index (χ1n) is 11.7. The van der Waals surface area contributed by atoms with Crippen LogP contribution in [0.15, 0.2) is 23.2 Å². The molecule has 1 saturated heterocycles. The van der Waals surface area contributed by atoms with Crippen LogP contribution in [0.2, 0.25) is 0 Å². The van der Waals surface area contributed by atoms with Crippen molar-refractivity contribution in [1.82, 2.24) is 20.1 Å². The van der Waals surface area contributed by atoms with Gasteiger partial charge in [-0.2, -0.15) is 0 Å². The minimum absolute atomic E-state index is 0. The molecule has 2 heterocycles. The minimum atomic E-state index is -0.464. The Morgan fingerprint density at radius 1 is 1.25 bits per heavy atom. The number of aliphatic imine (C=N–C) groups is 1. The second-order valence-corrected chi connectivity index (χ2v) is 9.73. The predicted molar refractivity (Wildman–Crippen MR) is 139 cm³/mol. The van der Waals surface area contributed by atoms with Gasteiger partial charge < -0.3 is 19.9 Å². The molecule has 2 aliphatic rings. The molecule has 8 heteroatoms. The normalized spacial score (nSPS) is 17.5. The van der Waals surface area contributed by atoms with Gasteiger partial charge in [-0.25, -0.2) is 9.79 Å². The molecule has 3 rings (SSSR count). The Kier molecular flexibility index (Phi) is 10.0. The molecule has 2 fully saturated rings. The van der Waals surface area contributed by atoms with Crippen molar-refractivity contribution in [2.24, 2.45) is 10.9 Å². The lowest BCUT2D eigenvalue weighted by atomic mass is 10.0. The van der Waals surface area contributed by atoms with Gasteiger partial charge in [0.1, 0.15) is 5.60 Å². The Morgan fingerprint density at radius 2 is 1.94 bits per heavy atom. The number of carbonyl (C=O) groups excluding carboxylic acids is 1. The third-order valence-corrected chi connectivity index (χ3v) is 5.66. The number of aryl methyl sites for hydroxylation is 1. The number of aromatic nitrogens is 1. The summed E-state index contributed by atoms with van der Waals surface area (Å²) in [5, 5.41) is 3.42. The van der Waals surface area contributed by atoms with Crippen molar-refractivity contribution in [2.45, 2.75) is 78.5 Å². The summed E-state index contributed by atoms with van der Waals surface area (Å²) >= 11 is 0. The molecule has 0 aromatic carbocycles. The molecule has 0 unspecified atom stereocenters. The highest BCUT2D eigenvalue weighted by Crippen LogP contribution is 2.32. The van der Waals surface area contributed by atoms with Crippen LogP contribution in [0, 0.1) is 12.8 Å². The average molecular weight is 558 g/mol. The van der Waals surface area contributed by atoms with E-state index in [0.717, 1.165) is 56.4 Å². The van der Waals surface area contributed by atoms with E-state index in [0.29, 0.717) is 12.5 Å². The molecule has 1 aromatic heterocycles. The molecule has 1 aliphatic heterocycles. The number of hydrogen-bond acceptors (Lipinski definition) is 4. The number of nitrogens with zero attached hydrogens (tertiary/aromatic N) is 4. The predicted octanol–water partition coefficient (Wildman–Crippen LogP) is 4.59. The van der Waals surface area contributed by atoms with Gasteiger partial charge in [0.05, 0.1) is 12.2 Å². The number of guanidine groups is 1. The molecule has 0 spiro atoms. The van der Waals surface area contributed by atoms with Crippen molar-refractivity contribution in [1.29, 1.82) is 0 Å². The highest BCUT2D eigenvalue weighted by atomic mass is 127. The maximum absolute atomic E-state index is 12.9. The molecular weight excluding hydrogens is 517 g/mol. The lowest BCUT2D eigenvalue weighted by Crippen LogP contribution is -2.52. The van der Waals surface area contributed by atoms with Crippen LogP contribution in [-0.2, 0) is 11.3 Å². The summed E-state index contributed by atoms with van der Waals surface area (Å²) in [6, 6.07) is 6.27. The quantitative estimate of drug-likeness (QED) is 0.315. The number of rotatable bonds is 6. The van der Waals surface area contributed by atoms with Crippen LogP contribution in [0.5, 0.6) is 0 Å². The molecule has 0 bridgehead atoms. The molecule has 0 radical (unpaired) electrons. The molecule has 180 valence electrons. The lowest BCUT2D eigenvalue weighted by molar-refractivity contribution is 0.00928. The van der Waals surface area contributed by atoms with Gasteiger partial charge in [0.25, 0.3) is 0 Å². The Labute approximate surface area is 210 Å². The van der Waals surface area contributed by atoms with Crippen LogP contribution >= 0.6 is 24.0 Å². The van der Waals surface area contributed by atoms with E-state index in [-0.39, 0.29) is 36.1 Å². The van der Waals surface area contributed by atoms with Crippen molar-refractivity contribution in [2.75, 3.05) is 26.2 Å². The van der Waals surface area contributed by atoms with Gasteiger partial charge in [0, 0.05) is 37.9 Å². The number of pyridine rings is 1. The molecule has 1 saturated carbocycles. The van der Waals surface area contributed by atoms with Crippen LogP contribution < -0.4 is 5.32 Å². The minimum Gasteiger partial charge on any atom is -0.444 e. The number of hydrogen-bond donors (Lipinski definition) is 1. The van der Waals surface area contributed by atoms with E-state index in [9.17, 15) is 4.79 Å². The van der Waals surface area contributed by atoms with E-state index in [1.807, 2.05) is 50.8 Å². The summed E-state index contributed by atoms with van der Waals surface area (Å²) < 4.78 is 5.72. The SMILES string of the molecule is CCNC(=NCc1cccc(C)n1)N1CCC(N(CC2CC2)C(=O)OC(C)(C)C)CC1.I. The highest BCUT2D eigenvalue weighted by Gasteiger charge is 2.35. The number of amides is 1. The molecule has 1 N–H and O–H groups in total. The zero-order valence-electron chi connectivity index (χ0n) is 20.3. The molecule has 0 atom stereocenters. The first-order valence-corrected chi connectivity index (χ1v) is 11.7. The topological polar surface area (TPSA) is 70.1 Å². The summed E-state index contributed by atoms with van der Waals surface area (Å²) in [7, 11) is 0. The summed E-state index contributed by atoms with van der Waals surface area (Å²) in [6.07, 6.45) is 4.15. The van der Waals surface area contributed by atoms with Crippen LogP contribution in [0.1, 0.15) is 64.8 Å². The average Bonchev–Trinajstić information content (AvgIpc) is 3.52. The summed E-state index contributed by atoms with van der Waals surface area (Å²) in [6.45, 7) is 13.9. The summed E-state index contributed by atoms with van der Waals surface area (Å²) in [5.74, 6) is 1.57. The van der Waals surface area contributed by atoms with Crippen molar-refractivity contribution < 1.29 is 9.53 Å². The number of ether oxygens (including phenoxy) is 1. The van der Waals surface area contributed by atoms with Gasteiger partial charge in [0.15, 0.2) is 5.96 Å². The Hall–Kier alpha value is -1.58. The largest absolute Gasteiger partial charge is 0.444 e. The first kappa shape index (κ1) is 26.7. The third-order valence-electron chi connectivity index (χ3n) is 5.66. The molecule has 1 amide bonds. The number of halogens is 1. The molecule has 32 heavy (non-hydrogen) atoms. The fraction of sp³-hybridized carbons (Fsp3) is 0.708. The van der Waals surface area contributed by atoms with E-state index in [1.165, 1.54) is 12.8 Å². The van der Waals surface area contributed by atoms with Gasteiger partial charge in [-0.1, -0.05) is 6.07 Å². The van der Waals surface area contributed by atoms with Gasteiger partial charge >= 0.3 is 6.09 Å². The Bertz CT molecular complexity index is 768. The monoisotopic (exact) mass is 557 g/mol. The Morgan fingerprint density at radius 3 is 2.50 bits per heavy atom. The second-order valence-electron chi connectivity index (χ2n) is 9.73. The smallest absolute Gasteiger partial charge is 0.410 e. The molecular formula is C24H40IN5O2. The summed E-state index contributed by atoms with van der Waals surface area (Å²) in [4.78, 5) is 26.6. The maximum atomic E-state index is 12.9. The number of nitrogens with one attached hydrogen (secondary N) is 1. The zero-order chi connectivity index (χ0) is 22.4. The number of piperidine rings is 1.